The number of benzene rings is 2. The highest BCUT2D eigenvalue weighted by atomic mass is 16.5. The van der Waals surface area contributed by atoms with Crippen molar-refractivity contribution in [3.8, 4) is 5.75 Å². The Morgan fingerprint density at radius 3 is 2.73 bits per heavy atom. The van der Waals surface area contributed by atoms with Crippen molar-refractivity contribution in [3.63, 3.8) is 0 Å². The van der Waals surface area contributed by atoms with Crippen LogP contribution in [0, 0.1) is 0 Å². The second kappa shape index (κ2) is 6.52. The number of anilines is 1. The van der Waals surface area contributed by atoms with Gasteiger partial charge in [-0.1, -0.05) is 36.4 Å². The second-order valence-electron chi connectivity index (χ2n) is 5.56. The summed E-state index contributed by atoms with van der Waals surface area (Å²) in [5.41, 5.74) is 2.03. The summed E-state index contributed by atoms with van der Waals surface area (Å²) in [6.45, 7) is 3.05. The van der Waals surface area contributed by atoms with E-state index in [-0.39, 0.29) is 17.9 Å². The van der Waals surface area contributed by atoms with E-state index in [0.29, 0.717) is 13.2 Å². The van der Waals surface area contributed by atoms with Crippen molar-refractivity contribution in [3.05, 3.63) is 60.2 Å². The number of carbonyl (C=O) groups excluding carboxylic acids is 1. The van der Waals surface area contributed by atoms with E-state index in [1.54, 1.807) is 0 Å². The molecule has 0 fully saturated rings. The molecule has 0 aliphatic carbocycles. The van der Waals surface area contributed by atoms with Gasteiger partial charge in [0.1, 0.15) is 18.3 Å². The molecule has 4 nitrogen and oxygen atoms in total. The predicted octanol–water partition coefficient (Wildman–Crippen LogP) is 2.78. The van der Waals surface area contributed by atoms with Crippen molar-refractivity contribution < 1.29 is 9.53 Å². The number of para-hydroxylation sites is 2. The summed E-state index contributed by atoms with van der Waals surface area (Å²) in [5, 5.41) is 6.37. The average molecular weight is 296 g/mol. The standard InChI is InChI=1S/C18H20N2O2/c1-13(20-14-7-3-2-4-8-14)11-19-18(21)16-12-22-17-10-6-5-9-15(16)17/h2-10,13,16,20H,11-12H2,1H3,(H,19,21). The minimum Gasteiger partial charge on any atom is -0.492 e. The van der Waals surface area contributed by atoms with E-state index < -0.39 is 0 Å². The molecule has 0 aromatic heterocycles. The summed E-state index contributed by atoms with van der Waals surface area (Å²) in [5.74, 6) is 0.630. The van der Waals surface area contributed by atoms with Gasteiger partial charge >= 0.3 is 0 Å². The molecule has 1 amide bonds. The van der Waals surface area contributed by atoms with Gasteiger partial charge in [0, 0.05) is 23.8 Å². The predicted molar refractivity (Wildman–Crippen MR) is 87.2 cm³/mol. The Bertz CT molecular complexity index is 643. The van der Waals surface area contributed by atoms with Crippen LogP contribution in [0.5, 0.6) is 5.75 Å². The Morgan fingerprint density at radius 1 is 1.18 bits per heavy atom. The van der Waals surface area contributed by atoms with E-state index in [1.165, 1.54) is 0 Å². The van der Waals surface area contributed by atoms with E-state index in [1.807, 2.05) is 61.5 Å². The minimum absolute atomic E-state index is 0.0201. The molecule has 0 bridgehead atoms. The van der Waals surface area contributed by atoms with E-state index in [4.69, 9.17) is 4.74 Å². The monoisotopic (exact) mass is 296 g/mol. The molecule has 2 aromatic carbocycles. The van der Waals surface area contributed by atoms with Crippen molar-refractivity contribution in [2.75, 3.05) is 18.5 Å². The lowest BCUT2D eigenvalue weighted by Crippen LogP contribution is -2.37. The zero-order valence-corrected chi connectivity index (χ0v) is 12.6. The van der Waals surface area contributed by atoms with Gasteiger partial charge in [0.25, 0.3) is 0 Å². The van der Waals surface area contributed by atoms with Crippen molar-refractivity contribution >= 4 is 11.6 Å². The zero-order chi connectivity index (χ0) is 15.4. The maximum absolute atomic E-state index is 12.3. The van der Waals surface area contributed by atoms with Crippen molar-refractivity contribution in [1.29, 1.82) is 0 Å². The molecule has 3 rings (SSSR count). The number of amides is 1. The number of hydrogen-bond acceptors (Lipinski definition) is 3. The lowest BCUT2D eigenvalue weighted by atomic mass is 10.0. The Kier molecular flexibility index (Phi) is 4.28. The van der Waals surface area contributed by atoms with Gasteiger partial charge in [0.05, 0.1) is 0 Å². The Hall–Kier alpha value is -2.49. The minimum atomic E-state index is -0.208. The van der Waals surface area contributed by atoms with Gasteiger partial charge in [-0.25, -0.2) is 0 Å². The van der Waals surface area contributed by atoms with E-state index >= 15 is 0 Å². The van der Waals surface area contributed by atoms with Crippen molar-refractivity contribution in [1.82, 2.24) is 5.32 Å². The summed E-state index contributed by atoms with van der Waals surface area (Å²) in [6, 6.07) is 17.9. The number of carbonyl (C=O) groups is 1. The summed E-state index contributed by atoms with van der Waals surface area (Å²) < 4.78 is 5.56. The molecule has 0 radical (unpaired) electrons. The molecular weight excluding hydrogens is 276 g/mol. The van der Waals surface area contributed by atoms with Crippen molar-refractivity contribution in [2.45, 2.75) is 18.9 Å². The van der Waals surface area contributed by atoms with Gasteiger partial charge in [-0.05, 0) is 25.1 Å². The third-order valence-electron chi connectivity index (χ3n) is 3.79. The molecule has 2 unspecified atom stereocenters. The van der Waals surface area contributed by atoms with Gasteiger partial charge in [-0.2, -0.15) is 0 Å². The largest absolute Gasteiger partial charge is 0.492 e. The van der Waals surface area contributed by atoms with Gasteiger partial charge in [-0.15, -0.1) is 0 Å². The van der Waals surface area contributed by atoms with Crippen molar-refractivity contribution in [2.24, 2.45) is 0 Å². The van der Waals surface area contributed by atoms with Crippen LogP contribution in [-0.4, -0.2) is 25.1 Å². The van der Waals surface area contributed by atoms with Gasteiger partial charge < -0.3 is 15.4 Å². The van der Waals surface area contributed by atoms with Gasteiger partial charge in [0.2, 0.25) is 5.91 Å². The Labute approximate surface area is 130 Å². The molecular formula is C18H20N2O2. The van der Waals surface area contributed by atoms with Crippen LogP contribution >= 0.6 is 0 Å². The molecule has 0 spiro atoms. The third kappa shape index (κ3) is 3.22. The van der Waals surface area contributed by atoms with E-state index in [0.717, 1.165) is 17.0 Å². The smallest absolute Gasteiger partial charge is 0.231 e. The number of hydrogen-bond donors (Lipinski definition) is 2. The van der Waals surface area contributed by atoms with Gasteiger partial charge in [-0.3, -0.25) is 4.79 Å². The number of ether oxygens (including phenoxy) is 1. The summed E-state index contributed by atoms with van der Waals surface area (Å²) in [7, 11) is 0. The molecule has 1 aliphatic rings. The Morgan fingerprint density at radius 2 is 1.91 bits per heavy atom. The topological polar surface area (TPSA) is 50.4 Å². The highest BCUT2D eigenvalue weighted by molar-refractivity contribution is 5.85. The van der Waals surface area contributed by atoms with Gasteiger partial charge in [0.15, 0.2) is 0 Å². The first-order chi connectivity index (χ1) is 10.7. The van der Waals surface area contributed by atoms with Crippen LogP contribution in [0.25, 0.3) is 0 Å². The lowest BCUT2D eigenvalue weighted by molar-refractivity contribution is -0.122. The fraction of sp³-hybridized carbons (Fsp3) is 0.278. The van der Waals surface area contributed by atoms with Crippen LogP contribution < -0.4 is 15.4 Å². The fourth-order valence-corrected chi connectivity index (χ4v) is 2.63. The summed E-state index contributed by atoms with van der Waals surface area (Å²) >= 11 is 0. The molecule has 4 heteroatoms. The first kappa shape index (κ1) is 14.4. The highest BCUT2D eigenvalue weighted by Gasteiger charge is 2.29. The van der Waals surface area contributed by atoms with Crippen LogP contribution in [0.1, 0.15) is 18.4 Å². The number of nitrogens with one attached hydrogen (secondary N) is 2. The summed E-state index contributed by atoms with van der Waals surface area (Å²) in [4.78, 5) is 12.3. The molecule has 2 atom stereocenters. The number of fused-ring (bicyclic) bond motifs is 1. The second-order valence-corrected chi connectivity index (χ2v) is 5.56. The lowest BCUT2D eigenvalue weighted by Gasteiger charge is -2.17. The molecule has 0 saturated carbocycles. The first-order valence-corrected chi connectivity index (χ1v) is 7.55. The zero-order valence-electron chi connectivity index (χ0n) is 12.6. The number of rotatable bonds is 5. The maximum atomic E-state index is 12.3. The molecule has 2 N–H and O–H groups in total. The maximum Gasteiger partial charge on any atom is 0.231 e. The highest BCUT2D eigenvalue weighted by Crippen LogP contribution is 2.33. The molecule has 22 heavy (non-hydrogen) atoms. The molecule has 1 aliphatic heterocycles. The quantitative estimate of drug-likeness (QED) is 0.892. The molecule has 114 valence electrons. The van der Waals surface area contributed by atoms with Crippen LogP contribution in [0.15, 0.2) is 54.6 Å². The normalized spacial score (nSPS) is 17.2. The van der Waals surface area contributed by atoms with Crippen LogP contribution in [0.3, 0.4) is 0 Å². The third-order valence-corrected chi connectivity index (χ3v) is 3.79. The SMILES string of the molecule is CC(CNC(=O)C1COc2ccccc21)Nc1ccccc1. The summed E-state index contributed by atoms with van der Waals surface area (Å²) in [6.07, 6.45) is 0. The average Bonchev–Trinajstić information content (AvgIpc) is 2.98. The molecule has 0 saturated heterocycles. The first-order valence-electron chi connectivity index (χ1n) is 7.55. The molecule has 2 aromatic rings. The fourth-order valence-electron chi connectivity index (χ4n) is 2.63. The van der Waals surface area contributed by atoms with E-state index in [2.05, 4.69) is 10.6 Å². The Balaban J connectivity index is 1.53. The van der Waals surface area contributed by atoms with Crippen LogP contribution in [0.2, 0.25) is 0 Å². The molecule has 1 heterocycles. The van der Waals surface area contributed by atoms with E-state index in [9.17, 15) is 4.79 Å². The van der Waals surface area contributed by atoms with Crippen LogP contribution in [0.4, 0.5) is 5.69 Å². The van der Waals surface area contributed by atoms with Crippen LogP contribution in [-0.2, 0) is 4.79 Å².